The predicted octanol–water partition coefficient (Wildman–Crippen LogP) is 2.46. The monoisotopic (exact) mass is 423 g/mol. The Morgan fingerprint density at radius 3 is 2.13 bits per heavy atom. The summed E-state index contributed by atoms with van der Waals surface area (Å²) in [4.78, 5) is 41.0. The zero-order valence-electron chi connectivity index (χ0n) is 17.7. The molecule has 0 spiro atoms. The van der Waals surface area contributed by atoms with Crippen LogP contribution in [0.15, 0.2) is 60.7 Å². The SMILES string of the molecule is COC(=O)[C@@H]1[C@H]2C(=O)OC[C@H](c3ccccc3)N2[C@](C)(c2ccccc2)[C@H]1C(=O)OC. The summed E-state index contributed by atoms with van der Waals surface area (Å²) in [5.41, 5.74) is 0.714. The molecule has 2 heterocycles. The third-order valence-corrected chi connectivity index (χ3v) is 6.57. The first-order valence-electron chi connectivity index (χ1n) is 10.2. The Morgan fingerprint density at radius 1 is 0.968 bits per heavy atom. The number of hydrogen-bond donors (Lipinski definition) is 0. The zero-order chi connectivity index (χ0) is 22.2. The van der Waals surface area contributed by atoms with Crippen LogP contribution in [0.2, 0.25) is 0 Å². The van der Waals surface area contributed by atoms with E-state index in [-0.39, 0.29) is 12.6 Å². The van der Waals surface area contributed by atoms with Crippen molar-refractivity contribution < 1.29 is 28.6 Å². The van der Waals surface area contributed by atoms with E-state index in [9.17, 15) is 14.4 Å². The number of carbonyl (C=O) groups excluding carboxylic acids is 3. The maximum Gasteiger partial charge on any atom is 0.324 e. The van der Waals surface area contributed by atoms with Crippen molar-refractivity contribution in [2.24, 2.45) is 11.8 Å². The van der Waals surface area contributed by atoms with Gasteiger partial charge in [-0.25, -0.2) is 0 Å². The average Bonchev–Trinajstić information content (AvgIpc) is 3.11. The van der Waals surface area contributed by atoms with E-state index in [0.717, 1.165) is 11.1 Å². The molecule has 2 aromatic rings. The van der Waals surface area contributed by atoms with Gasteiger partial charge in [-0.1, -0.05) is 60.7 Å². The van der Waals surface area contributed by atoms with Gasteiger partial charge < -0.3 is 14.2 Å². The molecule has 0 radical (unpaired) electrons. The standard InChI is InChI=1S/C24H25NO6/c1-24(16-12-8-5-9-13-16)19(22(27)30-3)18(21(26)29-2)20-23(28)31-14-17(25(20)24)15-10-6-4-7-11-15/h4-13,17-20H,14H2,1-3H3/t17-,18+,19-,20+,24-/m1/s1. The number of fused-ring (bicyclic) bond motifs is 1. The molecule has 0 aliphatic carbocycles. The molecule has 0 unspecified atom stereocenters. The highest BCUT2D eigenvalue weighted by Crippen LogP contribution is 2.55. The molecule has 162 valence electrons. The summed E-state index contributed by atoms with van der Waals surface area (Å²) in [7, 11) is 2.54. The molecule has 0 saturated carbocycles. The highest BCUT2D eigenvalue weighted by molar-refractivity contribution is 5.92. The Morgan fingerprint density at radius 2 is 1.55 bits per heavy atom. The molecule has 0 bridgehead atoms. The second kappa shape index (κ2) is 8.15. The van der Waals surface area contributed by atoms with Gasteiger partial charge in [0, 0.05) is 0 Å². The molecule has 2 saturated heterocycles. The largest absolute Gasteiger partial charge is 0.469 e. The third kappa shape index (κ3) is 3.20. The zero-order valence-corrected chi connectivity index (χ0v) is 17.7. The van der Waals surface area contributed by atoms with Crippen molar-refractivity contribution in [2.75, 3.05) is 20.8 Å². The van der Waals surface area contributed by atoms with E-state index >= 15 is 0 Å². The summed E-state index contributed by atoms with van der Waals surface area (Å²) in [6.07, 6.45) is 0. The van der Waals surface area contributed by atoms with Crippen LogP contribution in [0.3, 0.4) is 0 Å². The second-order valence-corrected chi connectivity index (χ2v) is 7.97. The van der Waals surface area contributed by atoms with Crippen LogP contribution in [0, 0.1) is 11.8 Å². The third-order valence-electron chi connectivity index (χ3n) is 6.57. The molecule has 0 amide bonds. The molecule has 0 aromatic heterocycles. The van der Waals surface area contributed by atoms with Gasteiger partial charge in [-0.3, -0.25) is 19.3 Å². The number of ether oxygens (including phenoxy) is 3. The van der Waals surface area contributed by atoms with Crippen molar-refractivity contribution in [3.8, 4) is 0 Å². The van der Waals surface area contributed by atoms with E-state index in [0.29, 0.717) is 0 Å². The fourth-order valence-corrected chi connectivity index (χ4v) is 5.20. The molecule has 2 fully saturated rings. The first-order valence-corrected chi connectivity index (χ1v) is 10.2. The number of esters is 3. The van der Waals surface area contributed by atoms with Crippen LogP contribution in [0.5, 0.6) is 0 Å². The van der Waals surface area contributed by atoms with Crippen LogP contribution < -0.4 is 0 Å². The van der Waals surface area contributed by atoms with E-state index in [2.05, 4.69) is 0 Å². The number of cyclic esters (lactones) is 1. The number of carbonyl (C=O) groups is 3. The molecular formula is C24H25NO6. The van der Waals surface area contributed by atoms with E-state index in [4.69, 9.17) is 14.2 Å². The van der Waals surface area contributed by atoms with Gasteiger partial charge in [0.25, 0.3) is 0 Å². The average molecular weight is 423 g/mol. The molecule has 2 aliphatic rings. The lowest BCUT2D eigenvalue weighted by atomic mass is 9.75. The van der Waals surface area contributed by atoms with Crippen molar-refractivity contribution in [1.29, 1.82) is 0 Å². The number of benzene rings is 2. The lowest BCUT2D eigenvalue weighted by molar-refractivity contribution is -0.170. The van der Waals surface area contributed by atoms with Crippen LogP contribution in [0.4, 0.5) is 0 Å². The highest BCUT2D eigenvalue weighted by Gasteiger charge is 2.68. The molecule has 0 N–H and O–H groups in total. The van der Waals surface area contributed by atoms with Gasteiger partial charge in [0.1, 0.15) is 12.6 Å². The van der Waals surface area contributed by atoms with Crippen LogP contribution in [0.25, 0.3) is 0 Å². The predicted molar refractivity (Wildman–Crippen MR) is 111 cm³/mol. The Bertz CT molecular complexity index is 978. The quantitative estimate of drug-likeness (QED) is 0.552. The van der Waals surface area contributed by atoms with Crippen molar-refractivity contribution in [3.05, 3.63) is 71.8 Å². The Hall–Kier alpha value is -3.19. The Balaban J connectivity index is 1.98. The minimum Gasteiger partial charge on any atom is -0.469 e. The Labute approximate surface area is 180 Å². The number of hydrogen-bond acceptors (Lipinski definition) is 7. The molecule has 2 aromatic carbocycles. The van der Waals surface area contributed by atoms with Gasteiger partial charge in [-0.15, -0.1) is 0 Å². The summed E-state index contributed by atoms with van der Waals surface area (Å²) in [6.45, 7) is 2.00. The lowest BCUT2D eigenvalue weighted by Crippen LogP contribution is -2.55. The second-order valence-electron chi connectivity index (χ2n) is 7.97. The molecule has 5 atom stereocenters. The van der Waals surface area contributed by atoms with E-state index in [1.807, 2.05) is 72.5 Å². The van der Waals surface area contributed by atoms with Crippen LogP contribution in [-0.2, 0) is 34.1 Å². The van der Waals surface area contributed by atoms with E-state index < -0.39 is 41.3 Å². The number of nitrogens with zero attached hydrogens (tertiary/aromatic N) is 1. The topological polar surface area (TPSA) is 82.1 Å². The highest BCUT2D eigenvalue weighted by atomic mass is 16.5. The van der Waals surface area contributed by atoms with Crippen molar-refractivity contribution in [2.45, 2.75) is 24.5 Å². The summed E-state index contributed by atoms with van der Waals surface area (Å²) in [5, 5.41) is 0. The molecule has 7 heteroatoms. The summed E-state index contributed by atoms with van der Waals surface area (Å²) < 4.78 is 15.7. The number of rotatable bonds is 4. The smallest absolute Gasteiger partial charge is 0.324 e. The minimum atomic E-state index is -1.07. The van der Waals surface area contributed by atoms with Gasteiger partial charge in [-0.2, -0.15) is 0 Å². The molecule has 4 rings (SSSR count). The van der Waals surface area contributed by atoms with Gasteiger partial charge in [-0.05, 0) is 18.1 Å². The van der Waals surface area contributed by atoms with Crippen molar-refractivity contribution in [3.63, 3.8) is 0 Å². The van der Waals surface area contributed by atoms with Crippen LogP contribution >= 0.6 is 0 Å². The first kappa shape index (κ1) is 21.1. The van der Waals surface area contributed by atoms with Gasteiger partial charge in [0.2, 0.25) is 0 Å². The molecule has 7 nitrogen and oxygen atoms in total. The first-order chi connectivity index (χ1) is 14.9. The normalized spacial score (nSPS) is 30.2. The number of methoxy groups -OCH3 is 2. The summed E-state index contributed by atoms with van der Waals surface area (Å²) in [5.74, 6) is -3.79. The van der Waals surface area contributed by atoms with Gasteiger partial charge in [0.05, 0.1) is 37.6 Å². The Kier molecular flexibility index (Phi) is 5.54. The minimum absolute atomic E-state index is 0.115. The summed E-state index contributed by atoms with van der Waals surface area (Å²) in [6, 6.07) is 17.7. The van der Waals surface area contributed by atoms with Gasteiger partial charge in [0.15, 0.2) is 0 Å². The fraction of sp³-hybridized carbons (Fsp3) is 0.375. The van der Waals surface area contributed by atoms with Crippen LogP contribution in [-0.4, -0.2) is 49.7 Å². The van der Waals surface area contributed by atoms with Crippen molar-refractivity contribution in [1.82, 2.24) is 4.90 Å². The molecular weight excluding hydrogens is 398 g/mol. The summed E-state index contributed by atoms with van der Waals surface area (Å²) >= 11 is 0. The van der Waals surface area contributed by atoms with Crippen LogP contribution in [0.1, 0.15) is 24.1 Å². The van der Waals surface area contributed by atoms with E-state index in [1.54, 1.807) is 0 Å². The lowest BCUT2D eigenvalue weighted by Gasteiger charge is -2.46. The fourth-order valence-electron chi connectivity index (χ4n) is 5.20. The molecule has 2 aliphatic heterocycles. The van der Waals surface area contributed by atoms with Gasteiger partial charge >= 0.3 is 17.9 Å². The number of morpholine rings is 1. The van der Waals surface area contributed by atoms with E-state index in [1.165, 1.54) is 14.2 Å². The maximum atomic E-state index is 13.1. The molecule has 31 heavy (non-hydrogen) atoms. The van der Waals surface area contributed by atoms with Crippen molar-refractivity contribution >= 4 is 17.9 Å². The maximum absolute atomic E-state index is 13.1.